The van der Waals surface area contributed by atoms with Gasteiger partial charge in [-0.15, -0.1) is 11.6 Å². The largest absolute Gasteiger partial charge is 0.461 e. The Morgan fingerprint density at radius 3 is 2.88 bits per heavy atom. The lowest BCUT2D eigenvalue weighted by molar-refractivity contribution is -0.114. The highest BCUT2D eigenvalue weighted by atomic mass is 35.5. The van der Waals surface area contributed by atoms with Gasteiger partial charge in [-0.3, -0.25) is 9.48 Å². The summed E-state index contributed by atoms with van der Waals surface area (Å²) in [5.74, 6) is -0.641. The lowest BCUT2D eigenvalue weighted by Crippen LogP contribution is -2.15. The van der Waals surface area contributed by atoms with Gasteiger partial charge in [-0.2, -0.15) is 5.10 Å². The molecule has 1 heterocycles. The number of nitrogens with zero attached hydrogens (tertiary/aromatic N) is 2. The van der Waals surface area contributed by atoms with Crippen LogP contribution in [-0.4, -0.2) is 34.1 Å². The van der Waals surface area contributed by atoms with Gasteiger partial charge in [-0.25, -0.2) is 4.79 Å². The second kappa shape index (κ2) is 5.50. The molecule has 16 heavy (non-hydrogen) atoms. The quantitative estimate of drug-likeness (QED) is 0.628. The number of nitrogens with one attached hydrogen (secondary N) is 1. The molecule has 1 aromatic rings. The van der Waals surface area contributed by atoms with Gasteiger partial charge in [0.1, 0.15) is 11.7 Å². The minimum absolute atomic E-state index is 0.147. The summed E-state index contributed by atoms with van der Waals surface area (Å²) in [6, 6.07) is 1.43. The number of halogens is 1. The Morgan fingerprint density at radius 2 is 2.31 bits per heavy atom. The molecule has 0 bridgehead atoms. The molecule has 1 N–H and O–H groups in total. The Morgan fingerprint density at radius 1 is 1.62 bits per heavy atom. The van der Waals surface area contributed by atoms with Gasteiger partial charge in [-0.1, -0.05) is 0 Å². The number of alkyl halides is 1. The fraction of sp³-hybridized carbons (Fsp3) is 0.444. The summed E-state index contributed by atoms with van der Waals surface area (Å²) >= 11 is 5.34. The summed E-state index contributed by atoms with van der Waals surface area (Å²) in [5, 5.41) is 6.40. The zero-order chi connectivity index (χ0) is 12.1. The number of carbonyl (C=O) groups is 2. The molecule has 0 aromatic carbocycles. The second-order valence-corrected chi connectivity index (χ2v) is 3.21. The van der Waals surface area contributed by atoms with Crippen molar-refractivity contribution in [2.24, 2.45) is 7.05 Å². The highest BCUT2D eigenvalue weighted by Crippen LogP contribution is 2.10. The van der Waals surface area contributed by atoms with Crippen molar-refractivity contribution >= 4 is 29.3 Å². The first-order valence-corrected chi connectivity index (χ1v) is 5.19. The number of hydrogen-bond donors (Lipinski definition) is 1. The lowest BCUT2D eigenvalue weighted by Gasteiger charge is -2.00. The minimum atomic E-state index is -0.524. The van der Waals surface area contributed by atoms with Gasteiger partial charge < -0.3 is 10.1 Å². The lowest BCUT2D eigenvalue weighted by atomic mass is 10.4. The van der Waals surface area contributed by atoms with Crippen molar-refractivity contribution < 1.29 is 14.3 Å². The van der Waals surface area contributed by atoms with E-state index < -0.39 is 5.97 Å². The van der Waals surface area contributed by atoms with Gasteiger partial charge in [0.15, 0.2) is 5.69 Å². The Bertz CT molecular complexity index is 403. The maximum atomic E-state index is 11.3. The number of carbonyl (C=O) groups excluding carboxylic acids is 2. The molecule has 1 rings (SSSR count). The van der Waals surface area contributed by atoms with Crippen LogP contribution < -0.4 is 5.32 Å². The first-order chi connectivity index (χ1) is 7.58. The summed E-state index contributed by atoms with van der Waals surface area (Å²) in [6.07, 6.45) is 0. The Hall–Kier alpha value is -1.56. The molecule has 0 unspecified atom stereocenters. The number of esters is 1. The molecule has 0 saturated heterocycles. The maximum absolute atomic E-state index is 11.3. The Balaban J connectivity index is 2.81. The average molecular weight is 246 g/mol. The van der Waals surface area contributed by atoms with E-state index >= 15 is 0 Å². The van der Waals surface area contributed by atoms with Gasteiger partial charge in [0.2, 0.25) is 5.91 Å². The topological polar surface area (TPSA) is 73.2 Å². The molecule has 0 radical (unpaired) electrons. The van der Waals surface area contributed by atoms with E-state index in [0.717, 1.165) is 0 Å². The molecule has 1 amide bonds. The molecule has 0 saturated carbocycles. The molecule has 0 atom stereocenters. The first-order valence-electron chi connectivity index (χ1n) is 4.65. The van der Waals surface area contributed by atoms with Crippen LogP contribution in [0.3, 0.4) is 0 Å². The summed E-state index contributed by atoms with van der Waals surface area (Å²) in [5.41, 5.74) is 0.147. The number of aryl methyl sites for hydroxylation is 1. The van der Waals surface area contributed by atoms with Crippen molar-refractivity contribution in [3.8, 4) is 0 Å². The number of ether oxygens (including phenoxy) is 1. The predicted octanol–water partition coefficient (Wildman–Crippen LogP) is 0.774. The van der Waals surface area contributed by atoms with Crippen LogP contribution >= 0.6 is 11.6 Å². The van der Waals surface area contributed by atoms with Crippen molar-refractivity contribution in [2.75, 3.05) is 17.8 Å². The van der Waals surface area contributed by atoms with E-state index in [4.69, 9.17) is 16.3 Å². The molecular weight excluding hydrogens is 234 g/mol. The molecule has 0 spiro atoms. The van der Waals surface area contributed by atoms with Crippen LogP contribution in [0.5, 0.6) is 0 Å². The second-order valence-electron chi connectivity index (χ2n) is 2.94. The van der Waals surface area contributed by atoms with Crippen LogP contribution in [0.25, 0.3) is 0 Å². The Kier molecular flexibility index (Phi) is 4.30. The summed E-state index contributed by atoms with van der Waals surface area (Å²) in [4.78, 5) is 22.4. The third kappa shape index (κ3) is 2.96. The van der Waals surface area contributed by atoms with Crippen LogP contribution in [0.1, 0.15) is 17.4 Å². The molecule has 0 fully saturated rings. The van der Waals surface area contributed by atoms with E-state index in [2.05, 4.69) is 10.4 Å². The van der Waals surface area contributed by atoms with Crippen molar-refractivity contribution in [3.05, 3.63) is 11.8 Å². The molecular formula is C9H12ClN3O3. The van der Waals surface area contributed by atoms with Crippen molar-refractivity contribution in [3.63, 3.8) is 0 Å². The van der Waals surface area contributed by atoms with E-state index in [1.807, 2.05) is 0 Å². The normalized spacial score (nSPS) is 9.94. The molecule has 88 valence electrons. The van der Waals surface area contributed by atoms with Gasteiger partial charge in [-0.05, 0) is 6.92 Å². The molecule has 1 aromatic heterocycles. The molecule has 0 aliphatic heterocycles. The standard InChI is InChI=1S/C9H12ClN3O3/c1-3-16-9(15)6-4-7(13(2)12-6)11-8(14)5-10/h4H,3,5H2,1-2H3,(H,11,14). The van der Waals surface area contributed by atoms with Gasteiger partial charge in [0, 0.05) is 13.1 Å². The van der Waals surface area contributed by atoms with Crippen LogP contribution in [0, 0.1) is 0 Å². The fourth-order valence-corrected chi connectivity index (χ4v) is 1.13. The SMILES string of the molecule is CCOC(=O)c1cc(NC(=O)CCl)n(C)n1. The van der Waals surface area contributed by atoms with Crippen molar-refractivity contribution in [1.29, 1.82) is 0 Å². The van der Waals surface area contributed by atoms with E-state index in [1.54, 1.807) is 14.0 Å². The highest BCUT2D eigenvalue weighted by molar-refractivity contribution is 6.29. The summed E-state index contributed by atoms with van der Waals surface area (Å²) in [6.45, 7) is 1.98. The smallest absolute Gasteiger partial charge is 0.358 e. The van der Waals surface area contributed by atoms with Gasteiger partial charge in [0.25, 0.3) is 0 Å². The molecule has 7 heteroatoms. The number of aromatic nitrogens is 2. The minimum Gasteiger partial charge on any atom is -0.461 e. The zero-order valence-corrected chi connectivity index (χ0v) is 9.74. The number of rotatable bonds is 4. The maximum Gasteiger partial charge on any atom is 0.358 e. The van der Waals surface area contributed by atoms with Crippen molar-refractivity contribution in [1.82, 2.24) is 9.78 Å². The van der Waals surface area contributed by atoms with Crippen LogP contribution in [0.2, 0.25) is 0 Å². The van der Waals surface area contributed by atoms with Crippen molar-refractivity contribution in [2.45, 2.75) is 6.92 Å². The number of anilines is 1. The number of hydrogen-bond acceptors (Lipinski definition) is 4. The molecule has 6 nitrogen and oxygen atoms in total. The van der Waals surface area contributed by atoms with E-state index in [-0.39, 0.29) is 24.1 Å². The average Bonchev–Trinajstić information content (AvgIpc) is 2.61. The monoisotopic (exact) mass is 245 g/mol. The van der Waals surface area contributed by atoms with E-state index in [9.17, 15) is 9.59 Å². The van der Waals surface area contributed by atoms with Crippen LogP contribution in [0.15, 0.2) is 6.07 Å². The third-order valence-electron chi connectivity index (χ3n) is 1.75. The Labute approximate surface area is 97.5 Å². The predicted molar refractivity (Wildman–Crippen MR) is 58.5 cm³/mol. The van der Waals surface area contributed by atoms with E-state index in [0.29, 0.717) is 5.82 Å². The van der Waals surface area contributed by atoms with Crippen LogP contribution in [-0.2, 0) is 16.6 Å². The van der Waals surface area contributed by atoms with Gasteiger partial charge in [0.05, 0.1) is 6.61 Å². The summed E-state index contributed by atoms with van der Waals surface area (Å²) < 4.78 is 6.15. The van der Waals surface area contributed by atoms with Gasteiger partial charge >= 0.3 is 5.97 Å². The molecule has 0 aliphatic rings. The molecule has 0 aliphatic carbocycles. The van der Waals surface area contributed by atoms with E-state index in [1.165, 1.54) is 10.7 Å². The van der Waals surface area contributed by atoms with Crippen LogP contribution in [0.4, 0.5) is 5.82 Å². The highest BCUT2D eigenvalue weighted by Gasteiger charge is 2.14. The third-order valence-corrected chi connectivity index (χ3v) is 2.00. The first kappa shape index (κ1) is 12.5. The fourth-order valence-electron chi connectivity index (χ4n) is 1.07. The zero-order valence-electron chi connectivity index (χ0n) is 8.99. The number of amides is 1. The summed E-state index contributed by atoms with van der Waals surface area (Å²) in [7, 11) is 1.60.